The van der Waals surface area contributed by atoms with Gasteiger partial charge >= 0.3 is 7.60 Å². The molecule has 0 aliphatic heterocycles. The molecule has 1 amide bonds. The van der Waals surface area contributed by atoms with E-state index in [9.17, 15) is 9.36 Å². The highest BCUT2D eigenvalue weighted by molar-refractivity contribution is 14.1. The van der Waals surface area contributed by atoms with E-state index in [4.69, 9.17) is 9.79 Å². The first-order valence-electron chi connectivity index (χ1n) is 4.90. The summed E-state index contributed by atoms with van der Waals surface area (Å²) in [5.74, 6) is -0.324. The molecule has 0 saturated heterocycles. The van der Waals surface area contributed by atoms with Crippen LogP contribution < -0.4 is 5.32 Å². The molecule has 3 N–H and O–H groups in total. The molecule has 1 aromatic carbocycles. The van der Waals surface area contributed by atoms with Crippen molar-refractivity contribution in [2.45, 2.75) is 12.6 Å². The third-order valence-electron chi connectivity index (χ3n) is 2.25. The van der Waals surface area contributed by atoms with Crippen molar-refractivity contribution in [3.8, 4) is 0 Å². The zero-order chi connectivity index (χ0) is 13.1. The van der Waals surface area contributed by atoms with E-state index in [1.165, 1.54) is 6.92 Å². The number of carbonyl (C=O) groups excluding carboxylic acids is 1. The largest absolute Gasteiger partial charge is 0.351 e. The van der Waals surface area contributed by atoms with Crippen LogP contribution in [0, 0.1) is 3.57 Å². The molecule has 1 unspecified atom stereocenters. The van der Waals surface area contributed by atoms with E-state index in [0.717, 1.165) is 3.57 Å². The summed E-state index contributed by atoms with van der Waals surface area (Å²) < 4.78 is 11.7. The first-order chi connectivity index (χ1) is 7.82. The van der Waals surface area contributed by atoms with Crippen molar-refractivity contribution in [1.29, 1.82) is 0 Å². The van der Waals surface area contributed by atoms with E-state index in [2.05, 4.69) is 5.32 Å². The Morgan fingerprint density at radius 3 is 2.59 bits per heavy atom. The molecule has 0 radical (unpaired) electrons. The van der Waals surface area contributed by atoms with Crippen molar-refractivity contribution in [3.63, 3.8) is 0 Å². The van der Waals surface area contributed by atoms with Crippen LogP contribution >= 0.6 is 30.2 Å². The lowest BCUT2D eigenvalue weighted by Crippen LogP contribution is -2.31. The summed E-state index contributed by atoms with van der Waals surface area (Å²) in [5, 5.41) is 2.51. The third kappa shape index (κ3) is 4.39. The Hall–Kier alpha value is -0.430. The van der Waals surface area contributed by atoms with E-state index in [1.807, 2.05) is 28.7 Å². The summed E-state index contributed by atoms with van der Waals surface area (Å²) in [5.41, 5.74) is -0.376. The van der Waals surface area contributed by atoms with E-state index in [0.29, 0.717) is 5.56 Å². The molecule has 0 fully saturated rings. The third-order valence-corrected chi connectivity index (χ3v) is 4.52. The van der Waals surface area contributed by atoms with Gasteiger partial charge in [0.2, 0.25) is 0 Å². The average molecular weight is 369 g/mol. The molecule has 5 nitrogen and oxygen atoms in total. The van der Waals surface area contributed by atoms with Gasteiger partial charge in [-0.3, -0.25) is 9.36 Å². The van der Waals surface area contributed by atoms with E-state index >= 15 is 0 Å². The lowest BCUT2D eigenvalue weighted by atomic mass is 10.2. The SMILES string of the molecule is CC(CNC(=O)c1ccccc1I)P(=O)(O)O. The highest BCUT2D eigenvalue weighted by Gasteiger charge is 2.24. The van der Waals surface area contributed by atoms with Crippen molar-refractivity contribution in [2.75, 3.05) is 6.54 Å². The Morgan fingerprint density at radius 2 is 2.06 bits per heavy atom. The number of hydrogen-bond donors (Lipinski definition) is 3. The molecule has 0 aromatic heterocycles. The Kier molecular flexibility index (Phi) is 5.12. The van der Waals surface area contributed by atoms with Gasteiger partial charge in [-0.25, -0.2) is 0 Å². The molecule has 7 heteroatoms. The fourth-order valence-corrected chi connectivity index (χ4v) is 2.06. The maximum atomic E-state index is 11.7. The summed E-state index contributed by atoms with van der Waals surface area (Å²) in [6.45, 7) is 1.35. The standard InChI is InChI=1S/C10H13INO4P/c1-7(17(14,15)16)6-12-10(13)8-4-2-3-5-9(8)11/h2-5,7H,6H2,1H3,(H,12,13)(H2,14,15,16). The van der Waals surface area contributed by atoms with Crippen molar-refractivity contribution >= 4 is 36.1 Å². The van der Waals surface area contributed by atoms with Crippen molar-refractivity contribution in [2.24, 2.45) is 0 Å². The molecule has 17 heavy (non-hydrogen) atoms. The highest BCUT2D eigenvalue weighted by atomic mass is 127. The summed E-state index contributed by atoms with van der Waals surface area (Å²) >= 11 is 2.03. The molecular formula is C10H13INO4P. The summed E-state index contributed by atoms with van der Waals surface area (Å²) in [6, 6.07) is 7.02. The predicted octanol–water partition coefficient (Wildman–Crippen LogP) is 1.59. The fourth-order valence-electron chi connectivity index (χ4n) is 1.10. The Bertz CT molecular complexity index is 459. The van der Waals surface area contributed by atoms with Gasteiger partial charge < -0.3 is 15.1 Å². The molecule has 0 saturated carbocycles. The number of benzene rings is 1. The second kappa shape index (κ2) is 5.95. The van der Waals surface area contributed by atoms with Gasteiger partial charge in [0, 0.05) is 10.1 Å². The zero-order valence-electron chi connectivity index (χ0n) is 9.13. The van der Waals surface area contributed by atoms with Gasteiger partial charge in [0.25, 0.3) is 5.91 Å². The number of amides is 1. The van der Waals surface area contributed by atoms with Crippen LogP contribution in [-0.4, -0.2) is 27.9 Å². The van der Waals surface area contributed by atoms with Crippen LogP contribution in [0.2, 0.25) is 0 Å². The van der Waals surface area contributed by atoms with Crippen LogP contribution in [0.15, 0.2) is 24.3 Å². The Morgan fingerprint density at radius 1 is 1.47 bits per heavy atom. The van der Waals surface area contributed by atoms with Gasteiger partial charge in [-0.1, -0.05) is 12.1 Å². The summed E-state index contributed by atoms with van der Waals surface area (Å²) in [7, 11) is -4.13. The second-order valence-corrected chi connectivity index (χ2v) is 6.85. The number of halogens is 1. The van der Waals surface area contributed by atoms with Crippen LogP contribution in [0.4, 0.5) is 0 Å². The van der Waals surface area contributed by atoms with Gasteiger partial charge in [-0.05, 0) is 41.6 Å². The molecule has 0 spiro atoms. The predicted molar refractivity (Wildman–Crippen MR) is 73.0 cm³/mol. The maximum Gasteiger partial charge on any atom is 0.330 e. The van der Waals surface area contributed by atoms with Crippen LogP contribution in [0.5, 0.6) is 0 Å². The number of rotatable bonds is 4. The first kappa shape index (κ1) is 14.6. The van der Waals surface area contributed by atoms with Crippen LogP contribution in [-0.2, 0) is 4.57 Å². The minimum absolute atomic E-state index is 0.0475. The van der Waals surface area contributed by atoms with Crippen molar-refractivity contribution < 1.29 is 19.1 Å². The van der Waals surface area contributed by atoms with Gasteiger partial charge in [0.05, 0.1) is 11.2 Å². The number of carbonyl (C=O) groups is 1. The van der Waals surface area contributed by atoms with Crippen LogP contribution in [0.25, 0.3) is 0 Å². The van der Waals surface area contributed by atoms with Crippen molar-refractivity contribution in [3.05, 3.63) is 33.4 Å². The normalized spacial score (nSPS) is 13.2. The molecule has 0 heterocycles. The molecule has 1 aromatic rings. The van der Waals surface area contributed by atoms with E-state index < -0.39 is 13.3 Å². The number of nitrogens with one attached hydrogen (secondary N) is 1. The lowest BCUT2D eigenvalue weighted by Gasteiger charge is -2.14. The zero-order valence-corrected chi connectivity index (χ0v) is 12.2. The van der Waals surface area contributed by atoms with Gasteiger partial charge in [-0.15, -0.1) is 0 Å². The average Bonchev–Trinajstić information content (AvgIpc) is 2.24. The summed E-state index contributed by atoms with van der Waals surface area (Å²) in [6.07, 6.45) is 0. The van der Waals surface area contributed by atoms with Gasteiger partial charge in [0.1, 0.15) is 0 Å². The molecule has 1 atom stereocenters. The smallest absolute Gasteiger partial charge is 0.330 e. The molecule has 0 aliphatic rings. The minimum Gasteiger partial charge on any atom is -0.351 e. The van der Waals surface area contributed by atoms with Gasteiger partial charge in [-0.2, -0.15) is 0 Å². The molecule has 0 aliphatic carbocycles. The molecule has 94 valence electrons. The highest BCUT2D eigenvalue weighted by Crippen LogP contribution is 2.40. The van der Waals surface area contributed by atoms with E-state index in [1.54, 1.807) is 18.2 Å². The van der Waals surface area contributed by atoms with Crippen LogP contribution in [0.3, 0.4) is 0 Å². The topological polar surface area (TPSA) is 86.6 Å². The Balaban J connectivity index is 2.63. The number of hydrogen-bond acceptors (Lipinski definition) is 2. The summed E-state index contributed by atoms with van der Waals surface area (Å²) in [4.78, 5) is 29.5. The molecule has 0 bridgehead atoms. The van der Waals surface area contributed by atoms with E-state index in [-0.39, 0.29) is 12.5 Å². The lowest BCUT2D eigenvalue weighted by molar-refractivity contribution is 0.0952. The maximum absolute atomic E-state index is 11.7. The Labute approximate surface area is 113 Å². The molecule has 1 rings (SSSR count). The molecular weight excluding hydrogens is 356 g/mol. The quantitative estimate of drug-likeness (QED) is 0.556. The second-order valence-electron chi connectivity index (χ2n) is 3.63. The monoisotopic (exact) mass is 369 g/mol. The minimum atomic E-state index is -4.13. The van der Waals surface area contributed by atoms with Gasteiger partial charge in [0.15, 0.2) is 0 Å². The fraction of sp³-hybridized carbons (Fsp3) is 0.300. The van der Waals surface area contributed by atoms with Crippen LogP contribution in [0.1, 0.15) is 17.3 Å². The first-order valence-corrected chi connectivity index (χ1v) is 7.66. The van der Waals surface area contributed by atoms with Crippen molar-refractivity contribution in [1.82, 2.24) is 5.32 Å².